The maximum absolute atomic E-state index is 13.2. The Hall–Kier alpha value is -2.60. The smallest absolute Gasteiger partial charge is 0.329 e. The number of allylic oxidation sites excluding steroid dienone is 1. The van der Waals surface area contributed by atoms with Gasteiger partial charge < -0.3 is 20.7 Å². The maximum atomic E-state index is 13.2. The Bertz CT molecular complexity index is 1020. The molecule has 3 rings (SSSR count). The number of hydrogen-bond acceptors (Lipinski definition) is 9. The van der Waals surface area contributed by atoms with Gasteiger partial charge in [0.15, 0.2) is 0 Å². The van der Waals surface area contributed by atoms with Crippen LogP contribution in [0.15, 0.2) is 33.9 Å². The summed E-state index contributed by atoms with van der Waals surface area (Å²) in [5.74, 6) is -1.19. The molecular weight excluding hydrogens is 502 g/mol. The minimum Gasteiger partial charge on any atom is -0.456 e. The second kappa shape index (κ2) is 12.6. The minimum absolute atomic E-state index is 0.0855. The van der Waals surface area contributed by atoms with Crippen LogP contribution in [0.4, 0.5) is 0 Å². The van der Waals surface area contributed by atoms with Crippen LogP contribution in [-0.4, -0.2) is 76.7 Å². The number of carbonyl (C=O) groups excluding carboxylic acids is 4. The molecule has 0 fully saturated rings. The Balaban J connectivity index is 1.80. The molecule has 0 radical (unpaired) electrons. The molecule has 3 aliphatic rings. The van der Waals surface area contributed by atoms with Crippen molar-refractivity contribution in [3.63, 3.8) is 0 Å². The summed E-state index contributed by atoms with van der Waals surface area (Å²) in [6.45, 7) is 6.02. The average molecular weight is 536 g/mol. The van der Waals surface area contributed by atoms with Gasteiger partial charge in [-0.1, -0.05) is 26.0 Å². The van der Waals surface area contributed by atoms with Crippen molar-refractivity contribution < 1.29 is 23.9 Å². The lowest BCUT2D eigenvalue weighted by Gasteiger charge is -2.27. The molecule has 0 aliphatic carbocycles. The number of aliphatic imine (C=N–C) groups is 2. The summed E-state index contributed by atoms with van der Waals surface area (Å²) in [6, 6.07) is -0.907. The first-order valence-corrected chi connectivity index (χ1v) is 13.5. The molecule has 3 atom stereocenters. The van der Waals surface area contributed by atoms with E-state index in [9.17, 15) is 19.2 Å². The van der Waals surface area contributed by atoms with Crippen LogP contribution in [0.1, 0.15) is 40.0 Å². The minimum atomic E-state index is -1.03. The van der Waals surface area contributed by atoms with Crippen LogP contribution in [0.3, 0.4) is 0 Å². The molecule has 36 heavy (non-hydrogen) atoms. The van der Waals surface area contributed by atoms with Crippen molar-refractivity contribution in [1.29, 1.82) is 0 Å². The van der Waals surface area contributed by atoms with Gasteiger partial charge in [0.25, 0.3) is 0 Å². The molecule has 4 bridgehead atoms. The van der Waals surface area contributed by atoms with E-state index in [0.29, 0.717) is 35.9 Å². The van der Waals surface area contributed by atoms with E-state index in [1.165, 1.54) is 11.8 Å². The number of cyclic esters (lactones) is 1. The van der Waals surface area contributed by atoms with Gasteiger partial charge in [-0.3, -0.25) is 24.4 Å². The highest BCUT2D eigenvalue weighted by molar-refractivity contribution is 8.14. The van der Waals surface area contributed by atoms with Gasteiger partial charge in [0, 0.05) is 24.4 Å². The summed E-state index contributed by atoms with van der Waals surface area (Å²) < 4.78 is 5.68. The van der Waals surface area contributed by atoms with E-state index >= 15 is 0 Å². The highest BCUT2D eigenvalue weighted by atomic mass is 32.2. The Morgan fingerprint density at radius 3 is 2.89 bits per heavy atom. The van der Waals surface area contributed by atoms with Crippen molar-refractivity contribution in [3.8, 4) is 0 Å². The molecule has 0 saturated carbocycles. The molecule has 0 aromatic carbocycles. The van der Waals surface area contributed by atoms with Crippen molar-refractivity contribution in [2.45, 2.75) is 57.7 Å². The van der Waals surface area contributed by atoms with Gasteiger partial charge in [0.2, 0.25) is 17.7 Å². The summed E-state index contributed by atoms with van der Waals surface area (Å²) >= 11 is 5.36. The number of hydrogen-bond donors (Lipinski definition) is 4. The Labute approximate surface area is 220 Å². The predicted molar refractivity (Wildman–Crippen MR) is 143 cm³/mol. The first-order valence-electron chi connectivity index (χ1n) is 11.9. The zero-order valence-electron chi connectivity index (χ0n) is 20.7. The van der Waals surface area contributed by atoms with Crippen molar-refractivity contribution >= 4 is 58.8 Å². The van der Waals surface area contributed by atoms with E-state index in [-0.39, 0.29) is 42.4 Å². The third-order valence-electron chi connectivity index (χ3n) is 5.83. The largest absolute Gasteiger partial charge is 0.456 e. The molecule has 10 nitrogen and oxygen atoms in total. The lowest BCUT2D eigenvalue weighted by Crippen LogP contribution is -2.53. The van der Waals surface area contributed by atoms with Crippen LogP contribution < -0.4 is 16.0 Å². The van der Waals surface area contributed by atoms with Gasteiger partial charge in [0.1, 0.15) is 22.7 Å². The Morgan fingerprint density at radius 2 is 2.17 bits per heavy atom. The van der Waals surface area contributed by atoms with Crippen LogP contribution in [0.25, 0.3) is 0 Å². The highest BCUT2D eigenvalue weighted by Crippen LogP contribution is 2.33. The summed E-state index contributed by atoms with van der Waals surface area (Å²) in [5, 5.41) is 9.04. The lowest BCUT2D eigenvalue weighted by atomic mass is 10.0. The summed E-state index contributed by atoms with van der Waals surface area (Å²) in [7, 11) is 0. The number of esters is 1. The number of fused-ring (bicyclic) bond motifs is 3. The molecule has 3 amide bonds. The second-order valence-corrected chi connectivity index (χ2v) is 10.6. The van der Waals surface area contributed by atoms with Crippen LogP contribution in [0, 0.1) is 5.92 Å². The number of thiol groups is 1. The van der Waals surface area contributed by atoms with Gasteiger partial charge >= 0.3 is 5.97 Å². The highest BCUT2D eigenvalue weighted by Gasteiger charge is 2.42. The first-order chi connectivity index (χ1) is 17.1. The van der Waals surface area contributed by atoms with Gasteiger partial charge in [-0.2, -0.15) is 12.6 Å². The summed E-state index contributed by atoms with van der Waals surface area (Å²) in [6.07, 6.45) is 5.46. The topological polar surface area (TPSA) is 138 Å². The fourth-order valence-corrected chi connectivity index (χ4v) is 4.96. The molecule has 3 heterocycles. The molecule has 12 heteroatoms. The Morgan fingerprint density at radius 1 is 1.39 bits per heavy atom. The fraction of sp³-hybridized carbons (Fsp3) is 0.583. The second-order valence-electron chi connectivity index (χ2n) is 9.33. The van der Waals surface area contributed by atoms with Crippen LogP contribution in [0.5, 0.6) is 0 Å². The van der Waals surface area contributed by atoms with Gasteiger partial charge in [0.05, 0.1) is 24.4 Å². The van der Waals surface area contributed by atoms with E-state index in [1.54, 1.807) is 19.1 Å². The number of nitrogens with zero attached hydrogens (tertiary/aromatic N) is 2. The van der Waals surface area contributed by atoms with E-state index < -0.39 is 23.7 Å². The van der Waals surface area contributed by atoms with Gasteiger partial charge in [-0.15, -0.1) is 11.8 Å². The van der Waals surface area contributed by atoms with E-state index in [4.69, 9.17) is 4.74 Å². The van der Waals surface area contributed by atoms with E-state index in [2.05, 4.69) is 38.6 Å². The number of carbonyl (C=O) groups is 4. The molecule has 196 valence electrons. The van der Waals surface area contributed by atoms with Crippen molar-refractivity contribution in [3.05, 3.63) is 23.9 Å². The Kier molecular flexibility index (Phi) is 9.77. The number of thioether (sulfide) groups is 1. The fourth-order valence-electron chi connectivity index (χ4n) is 3.69. The maximum Gasteiger partial charge on any atom is 0.329 e. The normalized spacial score (nSPS) is 27.2. The van der Waals surface area contributed by atoms with Gasteiger partial charge in [-0.25, -0.2) is 4.79 Å². The molecular formula is C24H33N5O5S2. The van der Waals surface area contributed by atoms with Crippen molar-refractivity contribution in [1.82, 2.24) is 16.0 Å². The lowest BCUT2D eigenvalue weighted by molar-refractivity contribution is -0.153. The number of nitrogens with one attached hydrogen (secondary N) is 3. The number of ether oxygens (including phenoxy) is 1. The van der Waals surface area contributed by atoms with Crippen molar-refractivity contribution in [2.24, 2.45) is 15.9 Å². The average Bonchev–Trinajstić information content (AvgIpc) is 3.47. The number of rotatable bonds is 6. The molecule has 0 aromatic heterocycles. The van der Waals surface area contributed by atoms with Gasteiger partial charge in [-0.05, 0) is 25.3 Å². The van der Waals surface area contributed by atoms with Crippen LogP contribution >= 0.6 is 24.4 Å². The predicted octanol–water partition coefficient (Wildman–Crippen LogP) is 1.18. The zero-order chi connectivity index (χ0) is 26.3. The first kappa shape index (κ1) is 28.0. The summed E-state index contributed by atoms with van der Waals surface area (Å²) in [4.78, 5) is 59.5. The molecule has 0 aromatic rings. The third kappa shape index (κ3) is 7.45. The quantitative estimate of drug-likeness (QED) is 0.174. The van der Waals surface area contributed by atoms with Crippen molar-refractivity contribution in [2.75, 3.05) is 24.6 Å². The molecule has 3 N–H and O–H groups in total. The molecule has 0 unspecified atom stereocenters. The van der Waals surface area contributed by atoms with E-state index in [0.717, 1.165) is 5.71 Å². The SMILES string of the molecule is CC(C)[C@@H]1NC(=O)[C@]2(C)CSC(=N2)C2=CCC(=N2)CNC(=O)C[C@@H](/C=C/CCNC(=O)CS)OC1=O. The molecule has 0 spiro atoms. The zero-order valence-corrected chi connectivity index (χ0v) is 22.4. The van der Waals surface area contributed by atoms with Crippen LogP contribution in [0.2, 0.25) is 0 Å². The molecule has 0 saturated heterocycles. The van der Waals surface area contributed by atoms with Crippen LogP contribution in [-0.2, 0) is 23.9 Å². The third-order valence-corrected chi connectivity index (χ3v) is 7.40. The molecule has 3 aliphatic heterocycles. The monoisotopic (exact) mass is 535 g/mol. The standard InChI is InChI=1S/C24H33N5O5S2/c1-14(2)20-22(32)34-16(6-4-5-9-25-19(31)12-35)10-18(30)26-11-15-7-8-17(27-15)21-29-24(3,13-36-21)23(33)28-20/h4,6,8,14,16,20,35H,5,7,9-13H2,1-3H3,(H,25,31)(H,26,30)(H,28,33)/b6-4+/t16-,20+,24+/m1/s1. The summed E-state index contributed by atoms with van der Waals surface area (Å²) in [5.41, 5.74) is 0.461. The van der Waals surface area contributed by atoms with E-state index in [1.807, 2.05) is 19.9 Å². The number of amides is 3.